The molecule has 2 heterocycles. The number of rotatable bonds is 15. The number of nitrogens with two attached hydrogens (primary N) is 2. The number of aliphatic hydroxyl groups is 1. The minimum atomic E-state index is -1.35. The Kier molecular flexibility index (Phi) is 10.7. The Labute approximate surface area is 211 Å². The van der Waals surface area contributed by atoms with Crippen LogP contribution in [0.2, 0.25) is 0 Å². The molecule has 4 amide bonds. The molecule has 16 heteroatoms. The molecule has 0 saturated heterocycles. The zero-order chi connectivity index (χ0) is 27.5. The highest BCUT2D eigenvalue weighted by molar-refractivity contribution is 5.94. The van der Waals surface area contributed by atoms with Crippen LogP contribution >= 0.6 is 0 Å². The Morgan fingerprint density at radius 1 is 0.892 bits per heavy atom. The summed E-state index contributed by atoms with van der Waals surface area (Å²) in [6.07, 6.45) is 3.65. The number of aliphatic carboxylic acids is 1. The van der Waals surface area contributed by atoms with Crippen LogP contribution in [0.4, 0.5) is 0 Å². The van der Waals surface area contributed by atoms with Crippen molar-refractivity contribution < 1.29 is 34.2 Å². The molecule has 37 heavy (non-hydrogen) atoms. The Bertz CT molecular complexity index is 1060. The van der Waals surface area contributed by atoms with Crippen LogP contribution in [0, 0.1) is 0 Å². The molecular formula is C21H31N9O7. The second kappa shape index (κ2) is 13.7. The first-order valence-corrected chi connectivity index (χ1v) is 11.3. The van der Waals surface area contributed by atoms with Crippen molar-refractivity contribution in [3.8, 4) is 0 Å². The molecule has 11 N–H and O–H groups in total. The standard InChI is InChI=1S/C21H31N9O7/c1-10(31)17(23)20(35)28-13(2-3-16(22)32)18(33)29-14(4-11-6-24-8-26-11)19(34)30-15(21(36)37)5-12-7-25-9-27-12/h6-10,13-15,17,31H,2-5,23H2,1H3,(H2,22,32)(H,24,26)(H,25,27)(H,28,35)(H,29,33)(H,30,34)(H,36,37). The normalized spacial score (nSPS) is 15.0. The highest BCUT2D eigenvalue weighted by Gasteiger charge is 2.31. The van der Waals surface area contributed by atoms with E-state index in [-0.39, 0.29) is 25.7 Å². The fraction of sp³-hybridized carbons (Fsp3) is 0.476. The van der Waals surface area contributed by atoms with Gasteiger partial charge in [0.05, 0.1) is 18.8 Å². The third-order valence-electron chi connectivity index (χ3n) is 5.34. The summed E-state index contributed by atoms with van der Waals surface area (Å²) in [5, 5.41) is 26.3. The lowest BCUT2D eigenvalue weighted by Crippen LogP contribution is -2.58. The van der Waals surface area contributed by atoms with Gasteiger partial charge in [-0.3, -0.25) is 19.2 Å². The van der Waals surface area contributed by atoms with Crippen LogP contribution in [0.1, 0.15) is 31.2 Å². The lowest BCUT2D eigenvalue weighted by molar-refractivity contribution is -0.142. The fourth-order valence-electron chi connectivity index (χ4n) is 3.23. The molecule has 2 aromatic rings. The molecule has 0 fully saturated rings. The molecule has 5 atom stereocenters. The summed E-state index contributed by atoms with van der Waals surface area (Å²) < 4.78 is 0. The maximum absolute atomic E-state index is 13.1. The van der Waals surface area contributed by atoms with Crippen molar-refractivity contribution in [3.63, 3.8) is 0 Å². The zero-order valence-electron chi connectivity index (χ0n) is 20.0. The van der Waals surface area contributed by atoms with Crippen molar-refractivity contribution >= 4 is 29.6 Å². The third kappa shape index (κ3) is 9.34. The highest BCUT2D eigenvalue weighted by Crippen LogP contribution is 2.06. The number of carbonyl (C=O) groups excluding carboxylic acids is 4. The predicted octanol–water partition coefficient (Wildman–Crippen LogP) is -3.57. The van der Waals surface area contributed by atoms with E-state index >= 15 is 0 Å². The number of nitrogens with one attached hydrogen (secondary N) is 5. The number of amides is 4. The molecule has 0 radical (unpaired) electrons. The van der Waals surface area contributed by atoms with E-state index in [0.717, 1.165) is 0 Å². The van der Waals surface area contributed by atoms with E-state index in [2.05, 4.69) is 35.9 Å². The van der Waals surface area contributed by atoms with Crippen molar-refractivity contribution in [3.05, 3.63) is 36.4 Å². The Hall–Kier alpha value is -4.31. The van der Waals surface area contributed by atoms with E-state index in [0.29, 0.717) is 11.4 Å². The maximum atomic E-state index is 13.1. The first-order chi connectivity index (χ1) is 17.5. The number of hydrogen-bond donors (Lipinski definition) is 9. The molecule has 5 unspecified atom stereocenters. The zero-order valence-corrected chi connectivity index (χ0v) is 20.0. The number of carbonyl (C=O) groups is 5. The smallest absolute Gasteiger partial charge is 0.326 e. The van der Waals surface area contributed by atoms with Gasteiger partial charge in [0.15, 0.2) is 0 Å². The number of imidazole rings is 2. The van der Waals surface area contributed by atoms with Crippen LogP contribution in [0.15, 0.2) is 25.0 Å². The summed E-state index contributed by atoms with van der Waals surface area (Å²) in [7, 11) is 0. The highest BCUT2D eigenvalue weighted by atomic mass is 16.4. The summed E-state index contributed by atoms with van der Waals surface area (Å²) in [6.45, 7) is 1.29. The fourth-order valence-corrected chi connectivity index (χ4v) is 3.23. The van der Waals surface area contributed by atoms with Gasteiger partial charge in [-0.25, -0.2) is 14.8 Å². The molecule has 2 rings (SSSR count). The molecule has 0 bridgehead atoms. The quantitative estimate of drug-likeness (QED) is 0.111. The van der Waals surface area contributed by atoms with Crippen LogP contribution < -0.4 is 27.4 Å². The van der Waals surface area contributed by atoms with Gasteiger partial charge in [-0.2, -0.15) is 0 Å². The minimum Gasteiger partial charge on any atom is -0.480 e. The number of hydrogen-bond acceptors (Lipinski definition) is 9. The lowest BCUT2D eigenvalue weighted by atomic mass is 10.1. The average Bonchev–Trinajstić information content (AvgIpc) is 3.54. The van der Waals surface area contributed by atoms with Crippen LogP contribution in [0.5, 0.6) is 0 Å². The third-order valence-corrected chi connectivity index (χ3v) is 5.34. The van der Waals surface area contributed by atoms with Crippen molar-refractivity contribution in [2.45, 2.75) is 62.9 Å². The van der Waals surface area contributed by atoms with Crippen molar-refractivity contribution in [2.24, 2.45) is 11.5 Å². The average molecular weight is 522 g/mol. The molecule has 0 aliphatic carbocycles. The number of nitrogens with zero attached hydrogens (tertiary/aromatic N) is 2. The summed E-state index contributed by atoms with van der Waals surface area (Å²) in [4.78, 5) is 74.8. The van der Waals surface area contributed by atoms with Crippen molar-refractivity contribution in [2.75, 3.05) is 0 Å². The number of carboxylic acid groups (broad SMARTS) is 1. The number of H-pyrrole nitrogens is 2. The number of aromatic amines is 2. The lowest BCUT2D eigenvalue weighted by Gasteiger charge is -2.25. The summed E-state index contributed by atoms with van der Waals surface area (Å²) >= 11 is 0. The SMILES string of the molecule is CC(O)C(N)C(=O)NC(CCC(N)=O)C(=O)NC(Cc1cnc[nH]1)C(=O)NC(Cc1cnc[nH]1)C(=O)O. The largest absolute Gasteiger partial charge is 0.480 e. The van der Waals surface area contributed by atoms with E-state index < -0.39 is 59.9 Å². The van der Waals surface area contributed by atoms with Gasteiger partial charge < -0.3 is 47.6 Å². The summed E-state index contributed by atoms with van der Waals surface area (Å²) in [5.41, 5.74) is 11.7. The van der Waals surface area contributed by atoms with Gasteiger partial charge in [0.2, 0.25) is 23.6 Å². The van der Waals surface area contributed by atoms with E-state index in [1.54, 1.807) is 0 Å². The summed E-state index contributed by atoms with van der Waals surface area (Å²) in [5.74, 6) is -4.59. The van der Waals surface area contributed by atoms with Crippen molar-refractivity contribution in [1.82, 2.24) is 35.9 Å². The molecule has 202 valence electrons. The topological polar surface area (TPSA) is 271 Å². The van der Waals surface area contributed by atoms with Crippen LogP contribution in [0.25, 0.3) is 0 Å². The van der Waals surface area contributed by atoms with Gasteiger partial charge in [0.1, 0.15) is 24.2 Å². The monoisotopic (exact) mass is 521 g/mol. The molecule has 0 saturated carbocycles. The van der Waals surface area contributed by atoms with Crippen molar-refractivity contribution in [1.29, 1.82) is 0 Å². The molecule has 16 nitrogen and oxygen atoms in total. The second-order valence-electron chi connectivity index (χ2n) is 8.36. The van der Waals surface area contributed by atoms with E-state index in [9.17, 15) is 34.2 Å². The van der Waals surface area contributed by atoms with Crippen LogP contribution in [-0.4, -0.2) is 90.0 Å². The van der Waals surface area contributed by atoms with Crippen LogP contribution in [-0.2, 0) is 36.8 Å². The molecule has 0 aliphatic heterocycles. The van der Waals surface area contributed by atoms with Gasteiger partial charge in [-0.1, -0.05) is 0 Å². The van der Waals surface area contributed by atoms with E-state index in [4.69, 9.17) is 11.5 Å². The second-order valence-corrected chi connectivity index (χ2v) is 8.36. The van der Waals surface area contributed by atoms with Gasteiger partial charge in [0.25, 0.3) is 0 Å². The maximum Gasteiger partial charge on any atom is 0.326 e. The van der Waals surface area contributed by atoms with Gasteiger partial charge in [-0.05, 0) is 13.3 Å². The molecular weight excluding hydrogens is 490 g/mol. The molecule has 0 aliphatic rings. The minimum absolute atomic E-state index is 0.0969. The number of carboxylic acids is 1. The van der Waals surface area contributed by atoms with Gasteiger partial charge in [0, 0.05) is 43.0 Å². The van der Waals surface area contributed by atoms with E-state index in [1.807, 2.05) is 0 Å². The number of aliphatic hydroxyl groups excluding tert-OH is 1. The number of aromatic nitrogens is 4. The molecule has 0 spiro atoms. The molecule has 2 aromatic heterocycles. The Balaban J connectivity index is 2.21. The number of primary amides is 1. The van der Waals surface area contributed by atoms with E-state index in [1.165, 1.54) is 32.0 Å². The van der Waals surface area contributed by atoms with Gasteiger partial charge in [-0.15, -0.1) is 0 Å². The summed E-state index contributed by atoms with van der Waals surface area (Å²) in [6, 6.07) is -5.33. The first-order valence-electron chi connectivity index (χ1n) is 11.3. The Morgan fingerprint density at radius 2 is 1.38 bits per heavy atom. The first kappa shape index (κ1) is 28.9. The molecule has 0 aromatic carbocycles. The van der Waals surface area contributed by atoms with Crippen LogP contribution in [0.3, 0.4) is 0 Å². The predicted molar refractivity (Wildman–Crippen MR) is 126 cm³/mol. The van der Waals surface area contributed by atoms with Gasteiger partial charge >= 0.3 is 5.97 Å². The Morgan fingerprint density at radius 3 is 1.84 bits per heavy atom.